The van der Waals surface area contributed by atoms with Gasteiger partial charge in [0.05, 0.1) is 6.04 Å². The van der Waals surface area contributed by atoms with Gasteiger partial charge < -0.3 is 10.2 Å². The van der Waals surface area contributed by atoms with Crippen molar-refractivity contribution in [2.45, 2.75) is 31.2 Å². The highest BCUT2D eigenvalue weighted by Crippen LogP contribution is 2.54. The fraction of sp³-hybridized carbons (Fsp3) is 0.286. The molecule has 2 amide bonds. The number of hydrogen-bond donors (Lipinski definition) is 1. The Morgan fingerprint density at radius 2 is 2.00 bits per heavy atom. The van der Waals surface area contributed by atoms with Gasteiger partial charge in [-0.1, -0.05) is 24.3 Å². The van der Waals surface area contributed by atoms with E-state index in [1.54, 1.807) is 37.3 Å². The molecule has 4 rings (SSSR count). The molecule has 2 aliphatic heterocycles. The summed E-state index contributed by atoms with van der Waals surface area (Å²) < 4.78 is 27.5. The first-order valence-electron chi connectivity index (χ1n) is 8.99. The minimum atomic E-state index is -1.68. The van der Waals surface area contributed by atoms with Gasteiger partial charge in [0.15, 0.2) is 0 Å². The molecule has 2 aliphatic rings. The summed E-state index contributed by atoms with van der Waals surface area (Å²) in [5, 5.41) is 2.83. The quantitative estimate of drug-likeness (QED) is 0.827. The highest BCUT2D eigenvalue weighted by atomic mass is 19.1. The van der Waals surface area contributed by atoms with E-state index in [-0.39, 0.29) is 18.7 Å². The zero-order valence-corrected chi connectivity index (χ0v) is 15.2. The number of likely N-dealkylation sites (tertiary alicyclic amines) is 1. The van der Waals surface area contributed by atoms with Crippen molar-refractivity contribution in [1.82, 2.24) is 4.90 Å². The lowest BCUT2D eigenvalue weighted by molar-refractivity contribution is -0.149. The molecule has 2 heterocycles. The van der Waals surface area contributed by atoms with E-state index in [1.165, 1.54) is 12.1 Å². The molecular formula is C21H18F2N2O3. The Bertz CT molecular complexity index is 1010. The summed E-state index contributed by atoms with van der Waals surface area (Å²) in [5.74, 6) is -1.32. The fourth-order valence-electron chi connectivity index (χ4n) is 4.50. The van der Waals surface area contributed by atoms with Gasteiger partial charge in [0.2, 0.25) is 11.8 Å². The summed E-state index contributed by atoms with van der Waals surface area (Å²) in [6.45, 7) is 0.951. The zero-order chi connectivity index (χ0) is 20.1. The molecule has 1 saturated heterocycles. The Labute approximate surface area is 160 Å². The van der Waals surface area contributed by atoms with Crippen molar-refractivity contribution in [2.24, 2.45) is 0 Å². The smallest absolute Gasteiger partial charge is 0.320 e. The van der Waals surface area contributed by atoms with Crippen LogP contribution in [0.3, 0.4) is 0 Å². The predicted molar refractivity (Wildman–Crippen MR) is 97.7 cm³/mol. The van der Waals surface area contributed by atoms with Gasteiger partial charge in [0.1, 0.15) is 17.8 Å². The highest BCUT2D eigenvalue weighted by Gasteiger charge is 2.58. The minimum absolute atomic E-state index is 0.0140. The predicted octanol–water partition coefficient (Wildman–Crippen LogP) is 3.18. The van der Waals surface area contributed by atoms with Crippen LogP contribution in [0, 0.1) is 12.7 Å². The number of piperidine rings is 1. The maximum Gasteiger partial charge on any atom is 0.320 e. The van der Waals surface area contributed by atoms with Crippen LogP contribution in [0.1, 0.15) is 35.6 Å². The molecule has 2 aromatic rings. The second-order valence-corrected chi connectivity index (χ2v) is 7.25. The van der Waals surface area contributed by atoms with Gasteiger partial charge in [-0.2, -0.15) is 4.39 Å². The molecule has 1 spiro atoms. The lowest BCUT2D eigenvalue weighted by Crippen LogP contribution is -2.55. The first-order chi connectivity index (χ1) is 13.3. The van der Waals surface area contributed by atoms with Crippen LogP contribution in [0.2, 0.25) is 0 Å². The second kappa shape index (κ2) is 6.51. The summed E-state index contributed by atoms with van der Waals surface area (Å²) in [6.07, 6.45) is 0.173. The molecular weight excluding hydrogens is 366 g/mol. The Morgan fingerprint density at radius 3 is 2.75 bits per heavy atom. The first-order valence-corrected chi connectivity index (χ1v) is 8.99. The van der Waals surface area contributed by atoms with E-state index in [2.05, 4.69) is 5.32 Å². The monoisotopic (exact) mass is 384 g/mol. The SMILES string of the molecule is Cc1ccc(F)cc1C1N(CC(=O)F)C(=O)CCC12C(=O)Nc1ccccc12. The van der Waals surface area contributed by atoms with Gasteiger partial charge in [-0.15, -0.1) is 0 Å². The number of carbonyl (C=O) groups is 3. The third kappa shape index (κ3) is 2.61. The Morgan fingerprint density at radius 1 is 1.25 bits per heavy atom. The van der Waals surface area contributed by atoms with Crippen molar-refractivity contribution in [3.63, 3.8) is 0 Å². The van der Waals surface area contributed by atoms with Crippen LogP contribution in [0.4, 0.5) is 14.5 Å². The summed E-state index contributed by atoms with van der Waals surface area (Å²) >= 11 is 0. The number of nitrogens with one attached hydrogen (secondary N) is 1. The number of para-hydroxylation sites is 1. The third-order valence-electron chi connectivity index (χ3n) is 5.72. The second-order valence-electron chi connectivity index (χ2n) is 7.25. The van der Waals surface area contributed by atoms with Crippen LogP contribution in [-0.2, 0) is 19.8 Å². The van der Waals surface area contributed by atoms with E-state index in [9.17, 15) is 23.2 Å². The number of anilines is 1. The minimum Gasteiger partial charge on any atom is -0.325 e. The topological polar surface area (TPSA) is 66.5 Å². The van der Waals surface area contributed by atoms with Crippen LogP contribution in [0.5, 0.6) is 0 Å². The van der Waals surface area contributed by atoms with Crippen molar-refractivity contribution in [3.05, 3.63) is 65.0 Å². The number of fused-ring (bicyclic) bond motifs is 2. The standard InChI is InChI=1S/C21H18F2N2O3/c1-12-6-7-13(22)10-14(12)19-21(9-8-18(27)25(19)11-17(23)26)15-4-2-3-5-16(15)24-20(21)28/h2-7,10,19H,8-9,11H2,1H3,(H,24,28). The summed E-state index contributed by atoms with van der Waals surface area (Å²) in [6, 6.07) is 8.48. The van der Waals surface area contributed by atoms with Crippen molar-refractivity contribution in [1.29, 1.82) is 0 Å². The number of rotatable bonds is 3. The largest absolute Gasteiger partial charge is 0.325 e. The zero-order valence-electron chi connectivity index (χ0n) is 15.2. The van der Waals surface area contributed by atoms with Crippen LogP contribution < -0.4 is 5.32 Å². The molecule has 5 nitrogen and oxygen atoms in total. The number of aryl methyl sites for hydroxylation is 1. The van der Waals surface area contributed by atoms with E-state index in [0.717, 1.165) is 4.90 Å². The van der Waals surface area contributed by atoms with E-state index >= 15 is 0 Å². The number of carbonyl (C=O) groups excluding carboxylic acids is 3. The maximum atomic E-state index is 14.1. The lowest BCUT2D eigenvalue weighted by Gasteiger charge is -2.47. The Balaban J connectivity index is 1.99. The average Bonchev–Trinajstić information content (AvgIpc) is 2.93. The van der Waals surface area contributed by atoms with E-state index in [1.807, 2.05) is 0 Å². The van der Waals surface area contributed by atoms with Crippen LogP contribution in [0.25, 0.3) is 0 Å². The molecule has 2 unspecified atom stereocenters. The first kappa shape index (κ1) is 18.3. The van der Waals surface area contributed by atoms with E-state index in [0.29, 0.717) is 22.4 Å². The molecule has 144 valence electrons. The van der Waals surface area contributed by atoms with Crippen molar-refractivity contribution >= 4 is 23.5 Å². The molecule has 0 saturated carbocycles. The summed E-state index contributed by atoms with van der Waals surface area (Å²) in [4.78, 5) is 38.2. The Hall–Kier alpha value is -3.09. The molecule has 0 radical (unpaired) electrons. The number of hydrogen-bond acceptors (Lipinski definition) is 3. The third-order valence-corrected chi connectivity index (χ3v) is 5.72. The summed E-state index contributed by atoms with van der Waals surface area (Å²) in [7, 11) is 0. The van der Waals surface area contributed by atoms with Gasteiger partial charge in [0, 0.05) is 12.1 Å². The molecule has 0 aromatic heterocycles. The van der Waals surface area contributed by atoms with Crippen LogP contribution in [-0.4, -0.2) is 29.3 Å². The van der Waals surface area contributed by atoms with Gasteiger partial charge in [-0.25, -0.2) is 4.39 Å². The molecule has 7 heteroatoms. The lowest BCUT2D eigenvalue weighted by atomic mass is 9.66. The highest BCUT2D eigenvalue weighted by molar-refractivity contribution is 6.08. The van der Waals surface area contributed by atoms with Crippen molar-refractivity contribution in [3.8, 4) is 0 Å². The fourth-order valence-corrected chi connectivity index (χ4v) is 4.50. The van der Waals surface area contributed by atoms with E-state index < -0.39 is 35.8 Å². The molecule has 0 bridgehead atoms. The number of amides is 2. The molecule has 1 N–H and O–H groups in total. The number of nitrogens with zero attached hydrogens (tertiary/aromatic N) is 1. The maximum absolute atomic E-state index is 14.1. The normalized spacial score (nSPS) is 23.7. The number of benzene rings is 2. The van der Waals surface area contributed by atoms with Crippen LogP contribution in [0.15, 0.2) is 42.5 Å². The molecule has 1 fully saturated rings. The van der Waals surface area contributed by atoms with Gasteiger partial charge in [-0.05, 0) is 48.2 Å². The molecule has 28 heavy (non-hydrogen) atoms. The van der Waals surface area contributed by atoms with Crippen LogP contribution >= 0.6 is 0 Å². The number of halogens is 2. The Kier molecular flexibility index (Phi) is 4.25. The van der Waals surface area contributed by atoms with Crippen molar-refractivity contribution < 1.29 is 23.2 Å². The van der Waals surface area contributed by atoms with E-state index in [4.69, 9.17) is 0 Å². The van der Waals surface area contributed by atoms with Crippen molar-refractivity contribution in [2.75, 3.05) is 11.9 Å². The van der Waals surface area contributed by atoms with Gasteiger partial charge in [0.25, 0.3) is 0 Å². The molecule has 0 aliphatic carbocycles. The van der Waals surface area contributed by atoms with Gasteiger partial charge >= 0.3 is 6.04 Å². The summed E-state index contributed by atoms with van der Waals surface area (Å²) in [5.41, 5.74) is 1.08. The van der Waals surface area contributed by atoms with Gasteiger partial charge in [-0.3, -0.25) is 14.4 Å². The molecule has 2 aromatic carbocycles. The average molecular weight is 384 g/mol. The molecule has 2 atom stereocenters.